The second kappa shape index (κ2) is 7.27. The SMILES string of the molecule is O=C(O)[C@@H]1CCCN1C(=O)c1cc(Cl)c(OC2[C@@H]3C[C@H]4C[C@H]2C[C@@](Cl)(C4)C3)cc1F. The fourth-order valence-corrected chi connectivity index (χ4v) is 7.24. The lowest BCUT2D eigenvalue weighted by molar-refractivity contribution is -0.141. The molecule has 6 atom stereocenters. The normalized spacial score (nSPS) is 36.9. The van der Waals surface area contributed by atoms with Gasteiger partial charge in [0.15, 0.2) is 0 Å². The number of benzene rings is 1. The van der Waals surface area contributed by atoms with Gasteiger partial charge >= 0.3 is 5.97 Å². The average molecular weight is 456 g/mol. The Bertz CT molecular complexity index is 893. The van der Waals surface area contributed by atoms with Crippen LogP contribution >= 0.6 is 23.2 Å². The number of hydrogen-bond acceptors (Lipinski definition) is 3. The van der Waals surface area contributed by atoms with E-state index in [0.717, 1.165) is 32.1 Å². The third kappa shape index (κ3) is 3.36. The fourth-order valence-electron chi connectivity index (χ4n) is 6.42. The molecular formula is C22H24Cl2FNO4. The Balaban J connectivity index is 1.36. The highest BCUT2D eigenvalue weighted by molar-refractivity contribution is 6.32. The van der Waals surface area contributed by atoms with Crippen LogP contribution in [0.4, 0.5) is 4.39 Å². The average Bonchev–Trinajstić information content (AvgIpc) is 3.15. The van der Waals surface area contributed by atoms with Crippen molar-refractivity contribution in [2.75, 3.05) is 6.54 Å². The predicted molar refractivity (Wildman–Crippen MR) is 110 cm³/mol. The lowest BCUT2D eigenvalue weighted by atomic mass is 9.54. The predicted octanol–water partition coefficient (Wildman–Crippen LogP) is 4.73. The zero-order valence-electron chi connectivity index (χ0n) is 16.5. The molecule has 1 amide bonds. The molecule has 1 aliphatic heterocycles. The van der Waals surface area contributed by atoms with Crippen LogP contribution in [0.15, 0.2) is 12.1 Å². The Kier molecular flexibility index (Phi) is 4.93. The summed E-state index contributed by atoms with van der Waals surface area (Å²) in [6.45, 7) is 0.290. The second-order valence-electron chi connectivity index (χ2n) is 9.46. The number of amides is 1. The van der Waals surface area contributed by atoms with E-state index in [1.807, 2.05) is 0 Å². The van der Waals surface area contributed by atoms with Crippen molar-refractivity contribution in [3.8, 4) is 5.75 Å². The molecule has 4 aliphatic carbocycles. The van der Waals surface area contributed by atoms with Gasteiger partial charge in [-0.3, -0.25) is 4.79 Å². The van der Waals surface area contributed by atoms with Gasteiger partial charge in [0.05, 0.1) is 10.6 Å². The van der Waals surface area contributed by atoms with E-state index in [-0.39, 0.29) is 33.9 Å². The summed E-state index contributed by atoms with van der Waals surface area (Å²) in [5.41, 5.74) is -0.217. The summed E-state index contributed by atoms with van der Waals surface area (Å²) >= 11 is 13.2. The molecule has 5 aliphatic rings. The topological polar surface area (TPSA) is 66.8 Å². The van der Waals surface area contributed by atoms with Gasteiger partial charge < -0.3 is 14.7 Å². The van der Waals surface area contributed by atoms with Crippen LogP contribution in [-0.2, 0) is 4.79 Å². The molecule has 1 aromatic rings. The fraction of sp³-hybridized carbons (Fsp3) is 0.636. The molecule has 5 fully saturated rings. The third-order valence-corrected chi connectivity index (χ3v) is 8.18. The van der Waals surface area contributed by atoms with Gasteiger partial charge in [0, 0.05) is 17.5 Å². The molecule has 1 unspecified atom stereocenters. The molecule has 0 spiro atoms. The molecule has 6 rings (SSSR count). The van der Waals surface area contributed by atoms with Gasteiger partial charge in [-0.05, 0) is 68.8 Å². The zero-order chi connectivity index (χ0) is 21.2. The number of aliphatic carboxylic acids is 1. The minimum Gasteiger partial charge on any atom is -0.488 e. The van der Waals surface area contributed by atoms with Gasteiger partial charge in [-0.25, -0.2) is 9.18 Å². The lowest BCUT2D eigenvalue weighted by Gasteiger charge is -2.57. The summed E-state index contributed by atoms with van der Waals surface area (Å²) in [6.07, 6.45) is 5.96. The van der Waals surface area contributed by atoms with Crippen LogP contribution in [0.1, 0.15) is 55.3 Å². The highest BCUT2D eigenvalue weighted by Gasteiger charge is 2.55. The van der Waals surface area contributed by atoms with E-state index < -0.39 is 23.7 Å². The lowest BCUT2D eigenvalue weighted by Crippen LogP contribution is -2.56. The number of alkyl halides is 1. The summed E-state index contributed by atoms with van der Waals surface area (Å²) in [5.74, 6) is -0.896. The minimum absolute atomic E-state index is 0.0400. The number of nitrogens with zero attached hydrogens (tertiary/aromatic N) is 1. The number of rotatable bonds is 4. The summed E-state index contributed by atoms with van der Waals surface area (Å²) in [7, 11) is 0. The van der Waals surface area contributed by atoms with Crippen molar-refractivity contribution in [3.63, 3.8) is 0 Å². The molecule has 4 bridgehead atoms. The molecule has 5 nitrogen and oxygen atoms in total. The van der Waals surface area contributed by atoms with Crippen molar-refractivity contribution in [2.24, 2.45) is 17.8 Å². The Morgan fingerprint density at radius 2 is 1.90 bits per heavy atom. The number of carboxylic acid groups (broad SMARTS) is 1. The number of ether oxygens (including phenoxy) is 1. The van der Waals surface area contributed by atoms with Gasteiger partial charge in [0.25, 0.3) is 5.91 Å². The molecule has 4 saturated carbocycles. The van der Waals surface area contributed by atoms with Crippen molar-refractivity contribution in [1.29, 1.82) is 0 Å². The Labute approximate surface area is 184 Å². The highest BCUT2D eigenvalue weighted by Crippen LogP contribution is 2.59. The molecule has 0 aromatic heterocycles. The van der Waals surface area contributed by atoms with Crippen LogP contribution in [0.25, 0.3) is 0 Å². The summed E-state index contributed by atoms with van der Waals surface area (Å²) in [6, 6.07) is 1.51. The van der Waals surface area contributed by atoms with Crippen molar-refractivity contribution < 1.29 is 23.8 Å². The molecule has 0 radical (unpaired) electrons. The summed E-state index contributed by atoms with van der Waals surface area (Å²) < 4.78 is 21.1. The first kappa shape index (κ1) is 20.4. The Morgan fingerprint density at radius 3 is 2.53 bits per heavy atom. The number of carbonyl (C=O) groups is 2. The van der Waals surface area contributed by atoms with E-state index in [1.165, 1.54) is 17.0 Å². The summed E-state index contributed by atoms with van der Waals surface area (Å²) in [4.78, 5) is 25.2. The second-order valence-corrected chi connectivity index (χ2v) is 10.7. The zero-order valence-corrected chi connectivity index (χ0v) is 18.0. The van der Waals surface area contributed by atoms with Gasteiger partial charge in [-0.1, -0.05) is 11.6 Å². The number of carbonyl (C=O) groups excluding carboxylic acids is 1. The smallest absolute Gasteiger partial charge is 0.326 e. The molecule has 8 heteroatoms. The van der Waals surface area contributed by atoms with E-state index in [4.69, 9.17) is 27.9 Å². The molecule has 162 valence electrons. The van der Waals surface area contributed by atoms with Crippen molar-refractivity contribution >= 4 is 35.1 Å². The van der Waals surface area contributed by atoms with Crippen LogP contribution < -0.4 is 4.74 Å². The van der Waals surface area contributed by atoms with Gasteiger partial charge in [0.1, 0.15) is 23.7 Å². The van der Waals surface area contributed by atoms with Crippen LogP contribution in [0, 0.1) is 23.6 Å². The number of hydrogen-bond donors (Lipinski definition) is 1. The van der Waals surface area contributed by atoms with E-state index in [1.54, 1.807) is 0 Å². The first-order valence-electron chi connectivity index (χ1n) is 10.6. The van der Waals surface area contributed by atoms with Crippen molar-refractivity contribution in [2.45, 2.75) is 62.0 Å². The van der Waals surface area contributed by atoms with Gasteiger partial charge in [0.2, 0.25) is 0 Å². The standard InChI is InChI=1S/C22H24Cl2FNO4/c23-15-6-14(20(27)26-3-1-2-17(26)21(28)29)16(25)7-18(15)30-19-12-4-11-5-13(19)10-22(24,8-11)9-12/h6-7,11-13,17,19H,1-5,8-10H2,(H,28,29)/t11-,12+,13-,17-,19?,22+/m0/s1. The van der Waals surface area contributed by atoms with Gasteiger partial charge in [-0.2, -0.15) is 0 Å². The maximum absolute atomic E-state index is 14.9. The van der Waals surface area contributed by atoms with E-state index in [2.05, 4.69) is 0 Å². The minimum atomic E-state index is -1.08. The van der Waals surface area contributed by atoms with Crippen molar-refractivity contribution in [1.82, 2.24) is 4.90 Å². The number of halogens is 3. The van der Waals surface area contributed by atoms with E-state index in [0.29, 0.717) is 30.6 Å². The molecule has 30 heavy (non-hydrogen) atoms. The molecule has 1 aromatic carbocycles. The quantitative estimate of drug-likeness (QED) is 0.666. The molecule has 1 saturated heterocycles. The maximum Gasteiger partial charge on any atom is 0.326 e. The van der Waals surface area contributed by atoms with Crippen LogP contribution in [-0.4, -0.2) is 45.4 Å². The van der Waals surface area contributed by atoms with Crippen LogP contribution in [0.5, 0.6) is 5.75 Å². The Morgan fingerprint density at radius 1 is 1.20 bits per heavy atom. The highest BCUT2D eigenvalue weighted by atomic mass is 35.5. The first-order chi connectivity index (χ1) is 14.2. The Hall–Kier alpha value is -1.53. The molecular weight excluding hydrogens is 432 g/mol. The summed E-state index contributed by atoms with van der Waals surface area (Å²) in [5, 5.41) is 9.47. The number of carboxylic acids is 1. The number of likely N-dealkylation sites (tertiary alicyclic amines) is 1. The maximum atomic E-state index is 14.9. The van der Waals surface area contributed by atoms with E-state index in [9.17, 15) is 19.1 Å². The molecule has 1 heterocycles. The van der Waals surface area contributed by atoms with Crippen molar-refractivity contribution in [3.05, 3.63) is 28.5 Å². The van der Waals surface area contributed by atoms with Crippen LogP contribution in [0.3, 0.4) is 0 Å². The monoisotopic (exact) mass is 455 g/mol. The first-order valence-corrected chi connectivity index (χ1v) is 11.4. The molecule has 1 N–H and O–H groups in total. The van der Waals surface area contributed by atoms with Gasteiger partial charge in [-0.15, -0.1) is 11.6 Å². The third-order valence-electron chi connectivity index (χ3n) is 7.43. The van der Waals surface area contributed by atoms with E-state index >= 15 is 0 Å². The van der Waals surface area contributed by atoms with Crippen LogP contribution in [0.2, 0.25) is 5.02 Å². The largest absolute Gasteiger partial charge is 0.488 e.